The van der Waals surface area contributed by atoms with E-state index in [1.165, 1.54) is 6.42 Å². The molecule has 16 heavy (non-hydrogen) atoms. The smallest absolute Gasteiger partial charge is 0.225 e. The molecular weight excluding hydrogens is 202 g/mol. The van der Waals surface area contributed by atoms with Gasteiger partial charge in [-0.2, -0.15) is 5.26 Å². The van der Waals surface area contributed by atoms with Crippen molar-refractivity contribution >= 4 is 5.91 Å². The van der Waals surface area contributed by atoms with Crippen molar-refractivity contribution in [1.82, 2.24) is 10.2 Å². The summed E-state index contributed by atoms with van der Waals surface area (Å²) in [5, 5.41) is 12.0. The Morgan fingerprint density at radius 3 is 2.75 bits per heavy atom. The summed E-state index contributed by atoms with van der Waals surface area (Å²) < 4.78 is 0. The molecule has 0 unspecified atom stereocenters. The number of nitrogens with zero attached hydrogens (tertiary/aromatic N) is 2. The van der Waals surface area contributed by atoms with E-state index in [2.05, 4.69) is 11.4 Å². The van der Waals surface area contributed by atoms with Crippen LogP contribution >= 0.6 is 0 Å². The van der Waals surface area contributed by atoms with Crippen LogP contribution in [-0.2, 0) is 4.79 Å². The van der Waals surface area contributed by atoms with Gasteiger partial charge in [0.1, 0.15) is 0 Å². The Morgan fingerprint density at radius 2 is 2.06 bits per heavy atom. The molecule has 0 aromatic heterocycles. The first-order chi connectivity index (χ1) is 7.81. The SMILES string of the molecule is N#C[C@@H]1C[C@@H](C(=O)N2CCCCC2)CCN1. The van der Waals surface area contributed by atoms with Gasteiger partial charge >= 0.3 is 0 Å². The average molecular weight is 221 g/mol. The van der Waals surface area contributed by atoms with Crippen molar-refractivity contribution in [3.05, 3.63) is 0 Å². The van der Waals surface area contributed by atoms with Crippen molar-refractivity contribution < 1.29 is 4.79 Å². The molecule has 2 rings (SSSR count). The second-order valence-electron chi connectivity index (χ2n) is 4.74. The van der Waals surface area contributed by atoms with E-state index in [-0.39, 0.29) is 17.9 Å². The molecule has 2 saturated heterocycles. The Labute approximate surface area is 96.6 Å². The summed E-state index contributed by atoms with van der Waals surface area (Å²) in [6, 6.07) is 2.08. The minimum absolute atomic E-state index is 0.0731. The van der Waals surface area contributed by atoms with Crippen LogP contribution in [0.2, 0.25) is 0 Å². The second kappa shape index (κ2) is 5.31. The van der Waals surface area contributed by atoms with Gasteiger partial charge in [-0.15, -0.1) is 0 Å². The fourth-order valence-corrected chi connectivity index (χ4v) is 2.61. The molecule has 4 heteroatoms. The molecule has 0 aliphatic carbocycles. The normalized spacial score (nSPS) is 30.8. The van der Waals surface area contributed by atoms with E-state index in [4.69, 9.17) is 5.26 Å². The van der Waals surface area contributed by atoms with E-state index in [1.54, 1.807) is 0 Å². The van der Waals surface area contributed by atoms with Crippen molar-refractivity contribution in [2.24, 2.45) is 5.92 Å². The molecule has 88 valence electrons. The van der Waals surface area contributed by atoms with E-state index < -0.39 is 0 Å². The van der Waals surface area contributed by atoms with Crippen LogP contribution in [0.25, 0.3) is 0 Å². The second-order valence-corrected chi connectivity index (χ2v) is 4.74. The summed E-state index contributed by atoms with van der Waals surface area (Å²) in [6.07, 6.45) is 5.09. The van der Waals surface area contributed by atoms with Gasteiger partial charge in [-0.05, 0) is 38.6 Å². The van der Waals surface area contributed by atoms with Gasteiger partial charge in [0.05, 0.1) is 12.1 Å². The molecule has 2 aliphatic heterocycles. The number of carbonyl (C=O) groups is 1. The number of likely N-dealkylation sites (tertiary alicyclic amines) is 1. The quantitative estimate of drug-likeness (QED) is 0.715. The first-order valence-corrected chi connectivity index (χ1v) is 6.23. The van der Waals surface area contributed by atoms with Crippen LogP contribution < -0.4 is 5.32 Å². The molecule has 1 N–H and O–H groups in total. The first kappa shape index (κ1) is 11.4. The summed E-state index contributed by atoms with van der Waals surface area (Å²) >= 11 is 0. The number of carbonyl (C=O) groups excluding carboxylic acids is 1. The van der Waals surface area contributed by atoms with Crippen molar-refractivity contribution in [1.29, 1.82) is 5.26 Å². The van der Waals surface area contributed by atoms with Gasteiger partial charge in [0, 0.05) is 19.0 Å². The summed E-state index contributed by atoms with van der Waals surface area (Å²) in [4.78, 5) is 14.2. The van der Waals surface area contributed by atoms with Crippen LogP contribution in [0.5, 0.6) is 0 Å². The molecule has 0 aromatic rings. The number of hydrogen-bond acceptors (Lipinski definition) is 3. The number of amides is 1. The standard InChI is InChI=1S/C12H19N3O/c13-9-11-8-10(4-5-14-11)12(16)15-6-2-1-3-7-15/h10-11,14H,1-8H2/t10-,11-/m0/s1. The lowest BCUT2D eigenvalue weighted by atomic mass is 9.91. The highest BCUT2D eigenvalue weighted by Crippen LogP contribution is 2.21. The van der Waals surface area contributed by atoms with Gasteiger partial charge < -0.3 is 10.2 Å². The molecule has 2 heterocycles. The number of piperidine rings is 2. The van der Waals surface area contributed by atoms with E-state index >= 15 is 0 Å². The van der Waals surface area contributed by atoms with Crippen LogP contribution in [0, 0.1) is 17.2 Å². The minimum atomic E-state index is -0.132. The molecule has 0 aromatic carbocycles. The third-order valence-electron chi connectivity index (χ3n) is 3.58. The maximum absolute atomic E-state index is 12.2. The van der Waals surface area contributed by atoms with Crippen LogP contribution in [0.4, 0.5) is 0 Å². The summed E-state index contributed by atoms with van der Waals surface area (Å²) in [7, 11) is 0. The third kappa shape index (κ3) is 2.53. The molecule has 0 spiro atoms. The largest absolute Gasteiger partial charge is 0.342 e. The van der Waals surface area contributed by atoms with Crippen molar-refractivity contribution in [3.8, 4) is 6.07 Å². The molecule has 1 amide bonds. The Hall–Kier alpha value is -1.08. The Kier molecular flexibility index (Phi) is 3.79. The molecule has 2 atom stereocenters. The summed E-state index contributed by atoms with van der Waals surface area (Å²) in [5.74, 6) is 0.352. The molecule has 0 bridgehead atoms. The highest BCUT2D eigenvalue weighted by molar-refractivity contribution is 5.79. The monoisotopic (exact) mass is 221 g/mol. The van der Waals surface area contributed by atoms with Crippen molar-refractivity contribution in [2.45, 2.75) is 38.1 Å². The van der Waals surface area contributed by atoms with Crippen LogP contribution in [0.1, 0.15) is 32.1 Å². The molecule has 0 radical (unpaired) electrons. The highest BCUT2D eigenvalue weighted by Gasteiger charge is 2.30. The molecule has 2 aliphatic rings. The zero-order valence-electron chi connectivity index (χ0n) is 9.61. The maximum atomic E-state index is 12.2. The highest BCUT2D eigenvalue weighted by atomic mass is 16.2. The fourth-order valence-electron chi connectivity index (χ4n) is 2.61. The third-order valence-corrected chi connectivity index (χ3v) is 3.58. The first-order valence-electron chi connectivity index (χ1n) is 6.23. The lowest BCUT2D eigenvalue weighted by Gasteiger charge is -2.33. The number of nitriles is 1. The van der Waals surface area contributed by atoms with E-state index in [9.17, 15) is 4.79 Å². The maximum Gasteiger partial charge on any atom is 0.225 e. The Bertz CT molecular complexity index is 291. The molecule has 4 nitrogen and oxygen atoms in total. The van der Waals surface area contributed by atoms with Crippen LogP contribution in [-0.4, -0.2) is 36.5 Å². The van der Waals surface area contributed by atoms with Gasteiger partial charge in [-0.25, -0.2) is 0 Å². The van der Waals surface area contributed by atoms with Crippen LogP contribution in [0.15, 0.2) is 0 Å². The van der Waals surface area contributed by atoms with Gasteiger partial charge in [-0.3, -0.25) is 4.79 Å². The van der Waals surface area contributed by atoms with Crippen LogP contribution in [0.3, 0.4) is 0 Å². The topological polar surface area (TPSA) is 56.1 Å². The van der Waals surface area contributed by atoms with Gasteiger partial charge in [0.15, 0.2) is 0 Å². The van der Waals surface area contributed by atoms with E-state index in [0.717, 1.165) is 38.9 Å². The number of nitrogens with one attached hydrogen (secondary N) is 1. The van der Waals surface area contributed by atoms with E-state index in [0.29, 0.717) is 6.42 Å². The van der Waals surface area contributed by atoms with Crippen molar-refractivity contribution in [2.75, 3.05) is 19.6 Å². The number of hydrogen-bond donors (Lipinski definition) is 1. The van der Waals surface area contributed by atoms with Crippen molar-refractivity contribution in [3.63, 3.8) is 0 Å². The predicted octanol–water partition coefficient (Wildman–Crippen LogP) is 0.891. The van der Waals surface area contributed by atoms with Gasteiger partial charge in [0.2, 0.25) is 5.91 Å². The van der Waals surface area contributed by atoms with Gasteiger partial charge in [-0.1, -0.05) is 0 Å². The zero-order chi connectivity index (χ0) is 11.4. The molecule has 2 fully saturated rings. The summed E-state index contributed by atoms with van der Waals surface area (Å²) in [6.45, 7) is 2.63. The zero-order valence-corrected chi connectivity index (χ0v) is 9.61. The van der Waals surface area contributed by atoms with Gasteiger partial charge in [0.25, 0.3) is 0 Å². The fraction of sp³-hybridized carbons (Fsp3) is 0.833. The number of rotatable bonds is 1. The molecular formula is C12H19N3O. The average Bonchev–Trinajstić information content (AvgIpc) is 2.39. The lowest BCUT2D eigenvalue weighted by molar-refractivity contribution is -0.137. The minimum Gasteiger partial charge on any atom is -0.342 e. The predicted molar refractivity (Wildman–Crippen MR) is 60.6 cm³/mol. The van der Waals surface area contributed by atoms with E-state index in [1.807, 2.05) is 4.90 Å². The molecule has 0 saturated carbocycles. The summed E-state index contributed by atoms with van der Waals surface area (Å²) in [5.41, 5.74) is 0. The lowest BCUT2D eigenvalue weighted by Crippen LogP contribution is -2.46. The Balaban J connectivity index is 1.90. The Morgan fingerprint density at radius 1 is 1.31 bits per heavy atom.